The summed E-state index contributed by atoms with van der Waals surface area (Å²) in [6.07, 6.45) is 42.6. The molecule has 0 unspecified atom stereocenters. The van der Waals surface area contributed by atoms with E-state index in [1.54, 1.807) is 48.9 Å². The zero-order chi connectivity index (χ0) is 98.4. The summed E-state index contributed by atoms with van der Waals surface area (Å²) >= 11 is 0. The highest BCUT2D eigenvalue weighted by molar-refractivity contribution is 6.60. The highest BCUT2D eigenvalue weighted by atomic mass is 16.5. The SMILES string of the molecule is Cc1ccccc1C[n+]1cc(-n2cc[n+](-c3ccccc3B(O)O)c2)c[n+](Cc2ccccc2B(O)O)c1.Cc1ccccc1C[n+]1cn(-c2cc[n+](Cc3ccccc3O[B]O)cc2)c2nc[n+](Cc3ccccc3O[B]O)cc21.Cc1ccccc1C[n+]1cn(-c2cc[n+](Cc3ccccc3O[B]O)cc2)c2ncncc21.Cc1ccccc1C[n+]1cncc(-n2cc[n+](-c3ccccc3B(O)O)c2)c1. The molecule has 697 valence electrons. The predicted molar refractivity (Wildman–Crippen MR) is 532 cm³/mol. The van der Waals surface area contributed by atoms with Gasteiger partial charge in [0.25, 0.3) is 54.8 Å². The quantitative estimate of drug-likeness (QED) is 0.0219. The van der Waals surface area contributed by atoms with E-state index in [0.717, 1.165) is 80.4 Å². The highest BCUT2D eigenvalue weighted by Gasteiger charge is 2.31. The second-order valence-corrected chi connectivity index (χ2v) is 34.0. The van der Waals surface area contributed by atoms with E-state index >= 15 is 0 Å². The zero-order valence-electron chi connectivity index (χ0n) is 78.5. The third-order valence-electron chi connectivity index (χ3n) is 24.5. The maximum atomic E-state index is 9.87. The standard InChI is InChI=1S/C32H30B2N5O4.C28H29B2N4O4.C25H23BN5O2.C21H21BN4O2/c1-24-8-2-3-9-25(24)20-38-23-39(28-14-16-36(17-15-28)18-26-10-4-6-12-30(26)42-33-40)32-29(38)21-37(22-35-32)19-27-11-5-7-13-31(27)43-34-41;1-22-8-2-3-9-23(22)16-31-18-25(19-32(20-31)17-24-10-4-5-11-26(24)29(35)36)33-14-15-34(21-33)28-13-7-6-12-27(28)30(37)38;1-19-6-2-3-7-20(19)16-30-18-31(25-23(30)14-27-17-28-25)22-10-12-29(13-11-22)15-21-8-4-5-9-24(21)33-26-32;1-17-6-2-3-7-18(17)13-24-14-19(12-23-15-24)25-10-11-26(16-25)21-9-5-4-8-20(21)22(27)28/h2-17,21-23,40-41H,18-20H2,1H3;2-15,18-21,35-38H,16-17H2,1H3;2-14,17-18,32H,15-16H2,1H3;2-12,14-16,27-28H,13H2,1H3/q2*+3;2*+2. The van der Waals surface area contributed by atoms with Crippen LogP contribution in [-0.2, 0) is 52.4 Å². The number of hydrogen-bond acceptors (Lipinski definition) is 16. The lowest BCUT2D eigenvalue weighted by atomic mass is 9.77. The van der Waals surface area contributed by atoms with Crippen LogP contribution in [0.3, 0.4) is 0 Å². The van der Waals surface area contributed by atoms with Crippen LogP contribution >= 0.6 is 0 Å². The van der Waals surface area contributed by atoms with Gasteiger partial charge in [0.15, 0.2) is 57.2 Å². The Kier molecular flexibility index (Phi) is 31.8. The van der Waals surface area contributed by atoms with Crippen molar-refractivity contribution in [3.8, 4) is 51.4 Å². The first kappa shape index (κ1) is 97.3. The minimum absolute atomic E-state index is 0.409. The molecule has 0 fully saturated rings. The van der Waals surface area contributed by atoms with Crippen molar-refractivity contribution in [1.82, 2.24) is 38.2 Å². The lowest BCUT2D eigenvalue weighted by molar-refractivity contribution is -0.819. The fourth-order valence-electron chi connectivity index (χ4n) is 17.0. The fraction of sp³-hybridized carbons (Fsp3) is 0.113. The van der Waals surface area contributed by atoms with Gasteiger partial charge in [-0.3, -0.25) is 0 Å². The first-order valence-corrected chi connectivity index (χ1v) is 46.0. The van der Waals surface area contributed by atoms with Crippen molar-refractivity contribution in [3.05, 3.63) is 471 Å². The Morgan fingerprint density at radius 2 is 0.655 bits per heavy atom. The van der Waals surface area contributed by atoms with Crippen LogP contribution in [0.15, 0.2) is 404 Å². The normalized spacial score (nSPS) is 10.9. The largest absolute Gasteiger partial charge is 0.569 e. The molecule has 30 nitrogen and oxygen atoms in total. The summed E-state index contributed by atoms with van der Waals surface area (Å²) in [5.74, 6) is 1.82. The molecular formula is C106H103B6N18O12+10. The van der Waals surface area contributed by atoms with Gasteiger partial charge in [0.2, 0.25) is 23.6 Å². The van der Waals surface area contributed by atoms with Gasteiger partial charge in [-0.15, -0.1) is 9.13 Å². The van der Waals surface area contributed by atoms with Crippen molar-refractivity contribution >= 4 is 83.1 Å². The van der Waals surface area contributed by atoms with Crippen LogP contribution < -0.4 is 76.0 Å². The van der Waals surface area contributed by atoms with Crippen molar-refractivity contribution in [2.75, 3.05) is 0 Å². The molecule has 0 amide bonds. The van der Waals surface area contributed by atoms with Crippen molar-refractivity contribution in [3.63, 3.8) is 0 Å². The molecule has 0 aliphatic carbocycles. The van der Waals surface area contributed by atoms with Crippen LogP contribution in [0, 0.1) is 27.7 Å². The van der Waals surface area contributed by atoms with Crippen LogP contribution in [0.1, 0.15) is 66.8 Å². The van der Waals surface area contributed by atoms with Gasteiger partial charge in [-0.1, -0.05) is 205 Å². The smallest absolute Gasteiger partial charge is 0.537 e. The van der Waals surface area contributed by atoms with E-state index in [1.165, 1.54) is 44.5 Å². The molecule has 0 saturated carbocycles. The number of nitrogens with zero attached hydrogens (tertiary/aromatic N) is 18. The van der Waals surface area contributed by atoms with Crippen LogP contribution in [0.2, 0.25) is 0 Å². The van der Waals surface area contributed by atoms with E-state index in [9.17, 15) is 35.2 Å². The molecular weight excluding hydrogens is 1780 g/mol. The summed E-state index contributed by atoms with van der Waals surface area (Å²) < 4.78 is 44.2. The average Bonchev–Trinajstić information content (AvgIpc) is 1.62. The summed E-state index contributed by atoms with van der Waals surface area (Å²) in [7, 11) is -2.56. The molecule has 20 aromatic rings. The number of para-hydroxylation sites is 5. The van der Waals surface area contributed by atoms with E-state index in [2.05, 4.69) is 191 Å². The summed E-state index contributed by atoms with van der Waals surface area (Å²) in [4.78, 5) is 18.1. The Balaban J connectivity index is 0.000000132. The number of benzene rings is 10. The zero-order valence-corrected chi connectivity index (χ0v) is 78.5. The molecule has 36 heteroatoms. The van der Waals surface area contributed by atoms with Crippen LogP contribution in [-0.4, -0.2) is 128 Å². The van der Waals surface area contributed by atoms with Crippen molar-refractivity contribution < 1.29 is 105 Å². The van der Waals surface area contributed by atoms with E-state index < -0.39 is 21.4 Å². The molecule has 0 bridgehead atoms. The molecule has 3 radical (unpaired) electrons. The van der Waals surface area contributed by atoms with E-state index in [4.69, 9.17) is 29.0 Å². The molecule has 0 aliphatic heterocycles. The van der Waals surface area contributed by atoms with Gasteiger partial charge in [-0.05, 0) is 120 Å². The van der Waals surface area contributed by atoms with Gasteiger partial charge in [-0.25, -0.2) is 41.5 Å². The van der Waals surface area contributed by atoms with E-state index in [-0.39, 0.29) is 0 Å². The Morgan fingerprint density at radius 3 is 1.11 bits per heavy atom. The molecule has 10 heterocycles. The second kappa shape index (κ2) is 46.4. The molecule has 142 heavy (non-hydrogen) atoms. The van der Waals surface area contributed by atoms with Gasteiger partial charge < -0.3 is 59.2 Å². The van der Waals surface area contributed by atoms with Crippen molar-refractivity contribution in [2.45, 2.75) is 80.1 Å². The maximum Gasteiger partial charge on any atom is 0.569 e. The predicted octanol–water partition coefficient (Wildman–Crippen LogP) is 4.02. The van der Waals surface area contributed by atoms with E-state index in [1.807, 2.05) is 271 Å². The Hall–Kier alpha value is -16.4. The average molecular weight is 1890 g/mol. The highest BCUT2D eigenvalue weighted by Crippen LogP contribution is 2.24. The molecule has 0 saturated heterocycles. The minimum atomic E-state index is -1.58. The van der Waals surface area contributed by atoms with Gasteiger partial charge in [-0.2, -0.15) is 23.3 Å². The number of pyridine rings is 2. The van der Waals surface area contributed by atoms with Crippen molar-refractivity contribution in [1.29, 1.82) is 0 Å². The first-order valence-electron chi connectivity index (χ1n) is 46.0. The Bertz CT molecular complexity index is 7730. The topological polar surface area (TPSA) is 320 Å². The number of aryl methyl sites for hydroxylation is 4. The summed E-state index contributed by atoms with van der Waals surface area (Å²) in [5.41, 5.74) is 23.6. The third kappa shape index (κ3) is 23.9. The monoisotopic (exact) mass is 1890 g/mol. The summed E-state index contributed by atoms with van der Waals surface area (Å²) in [6.45, 7) is 13.5. The minimum Gasteiger partial charge on any atom is -0.537 e. The van der Waals surface area contributed by atoms with Crippen molar-refractivity contribution in [2.24, 2.45) is 0 Å². The molecule has 10 aromatic heterocycles. The van der Waals surface area contributed by atoms with E-state index in [0.29, 0.717) is 107 Å². The number of imidazole rings is 4. The van der Waals surface area contributed by atoms with Crippen LogP contribution in [0.25, 0.3) is 56.5 Å². The Labute approximate surface area is 823 Å². The molecule has 0 aliphatic rings. The van der Waals surface area contributed by atoms with Gasteiger partial charge in [0, 0.05) is 51.9 Å². The third-order valence-corrected chi connectivity index (χ3v) is 24.5. The Morgan fingerprint density at radius 1 is 0.303 bits per heavy atom. The lowest BCUT2D eigenvalue weighted by Gasteiger charge is -2.07. The summed E-state index contributed by atoms with van der Waals surface area (Å²) in [5, 5.41) is 85.9. The number of rotatable bonds is 31. The first-order chi connectivity index (χ1) is 69.3. The second-order valence-electron chi connectivity index (χ2n) is 34.0. The van der Waals surface area contributed by atoms with Gasteiger partial charge in [0.1, 0.15) is 110 Å². The maximum absolute atomic E-state index is 9.87. The fourth-order valence-corrected chi connectivity index (χ4v) is 17.0. The van der Waals surface area contributed by atoms with Gasteiger partial charge >= 0.3 is 56.4 Å². The van der Waals surface area contributed by atoms with Crippen LogP contribution in [0.5, 0.6) is 17.2 Å². The lowest BCUT2D eigenvalue weighted by Crippen LogP contribution is -2.49. The molecule has 0 spiro atoms. The number of hydrogen-bond donors (Lipinski definition) is 9. The number of fused-ring (bicyclic) bond motifs is 2. The van der Waals surface area contributed by atoms with Gasteiger partial charge in [0.05, 0.1) is 17.3 Å². The van der Waals surface area contributed by atoms with Crippen LogP contribution in [0.4, 0.5) is 0 Å². The number of aromatic nitrogens is 18. The summed E-state index contributed by atoms with van der Waals surface area (Å²) in [6, 6.07) is 86.0. The molecule has 9 N–H and O–H groups in total. The molecule has 20 rings (SSSR count). The molecule has 10 aromatic carbocycles. The molecule has 0 atom stereocenters.